The molecule has 1 aliphatic heterocycles. The SMILES string of the molecule is CCCC(O)(CC)c1ccc2c(c1)OCCO2. The summed E-state index contributed by atoms with van der Waals surface area (Å²) in [6, 6.07) is 5.74. The molecule has 0 aliphatic carbocycles. The molecule has 1 aliphatic rings. The minimum Gasteiger partial charge on any atom is -0.486 e. The molecule has 1 aromatic carbocycles. The van der Waals surface area contributed by atoms with Crippen molar-refractivity contribution in [2.75, 3.05) is 13.2 Å². The lowest BCUT2D eigenvalue weighted by Crippen LogP contribution is -2.25. The Bertz CT molecular complexity index is 389. The molecule has 2 rings (SSSR count). The summed E-state index contributed by atoms with van der Waals surface area (Å²) in [5, 5.41) is 10.6. The fraction of sp³-hybridized carbons (Fsp3) is 0.571. The van der Waals surface area contributed by atoms with Crippen molar-refractivity contribution in [2.45, 2.75) is 38.7 Å². The normalized spacial score (nSPS) is 17.6. The fourth-order valence-corrected chi connectivity index (χ4v) is 2.27. The number of benzene rings is 1. The summed E-state index contributed by atoms with van der Waals surface area (Å²) in [4.78, 5) is 0. The number of rotatable bonds is 4. The van der Waals surface area contributed by atoms with Gasteiger partial charge in [0.05, 0.1) is 5.60 Å². The van der Waals surface area contributed by atoms with E-state index in [1.54, 1.807) is 0 Å². The Balaban J connectivity index is 2.32. The lowest BCUT2D eigenvalue weighted by molar-refractivity contribution is 0.0221. The fourth-order valence-electron chi connectivity index (χ4n) is 2.27. The van der Waals surface area contributed by atoms with Crippen molar-refractivity contribution >= 4 is 0 Å². The summed E-state index contributed by atoms with van der Waals surface area (Å²) in [7, 11) is 0. The highest BCUT2D eigenvalue weighted by molar-refractivity contribution is 5.45. The molecule has 0 spiro atoms. The van der Waals surface area contributed by atoms with Gasteiger partial charge in [0, 0.05) is 0 Å². The van der Waals surface area contributed by atoms with E-state index in [-0.39, 0.29) is 0 Å². The molecule has 0 bridgehead atoms. The second kappa shape index (κ2) is 4.96. The molecular formula is C14H20O3. The molecule has 1 heterocycles. The number of hydrogen-bond acceptors (Lipinski definition) is 3. The molecule has 3 nitrogen and oxygen atoms in total. The smallest absolute Gasteiger partial charge is 0.161 e. The van der Waals surface area contributed by atoms with E-state index in [2.05, 4.69) is 6.92 Å². The Labute approximate surface area is 102 Å². The van der Waals surface area contributed by atoms with E-state index < -0.39 is 5.60 Å². The van der Waals surface area contributed by atoms with Crippen LogP contribution in [0.15, 0.2) is 18.2 Å². The molecule has 0 radical (unpaired) electrons. The zero-order chi connectivity index (χ0) is 12.3. The maximum absolute atomic E-state index is 10.6. The molecule has 0 amide bonds. The zero-order valence-corrected chi connectivity index (χ0v) is 10.5. The lowest BCUT2D eigenvalue weighted by Gasteiger charge is -2.28. The van der Waals surface area contributed by atoms with Crippen LogP contribution in [0.4, 0.5) is 0 Å². The number of ether oxygens (including phenoxy) is 2. The summed E-state index contributed by atoms with van der Waals surface area (Å²) in [6.45, 7) is 5.26. The molecular weight excluding hydrogens is 216 g/mol. The van der Waals surface area contributed by atoms with Gasteiger partial charge in [0.15, 0.2) is 11.5 Å². The number of hydrogen-bond donors (Lipinski definition) is 1. The lowest BCUT2D eigenvalue weighted by atomic mass is 9.87. The predicted molar refractivity (Wildman–Crippen MR) is 66.5 cm³/mol. The van der Waals surface area contributed by atoms with Gasteiger partial charge in [0.25, 0.3) is 0 Å². The molecule has 0 saturated heterocycles. The Hall–Kier alpha value is -1.22. The average molecular weight is 236 g/mol. The van der Waals surface area contributed by atoms with E-state index in [0.717, 1.165) is 29.9 Å². The Kier molecular flexibility index (Phi) is 3.57. The van der Waals surface area contributed by atoms with Crippen molar-refractivity contribution < 1.29 is 14.6 Å². The molecule has 1 N–H and O–H groups in total. The Morgan fingerprint density at radius 1 is 1.18 bits per heavy atom. The van der Waals surface area contributed by atoms with Gasteiger partial charge in [-0.3, -0.25) is 0 Å². The van der Waals surface area contributed by atoms with E-state index >= 15 is 0 Å². The van der Waals surface area contributed by atoms with Crippen LogP contribution >= 0.6 is 0 Å². The predicted octanol–water partition coefficient (Wildman–Crippen LogP) is 2.86. The van der Waals surface area contributed by atoms with E-state index in [9.17, 15) is 5.11 Å². The number of aliphatic hydroxyl groups is 1. The van der Waals surface area contributed by atoms with Crippen LogP contribution in [0.5, 0.6) is 11.5 Å². The highest BCUT2D eigenvalue weighted by Crippen LogP contribution is 2.37. The highest BCUT2D eigenvalue weighted by Gasteiger charge is 2.27. The van der Waals surface area contributed by atoms with Crippen molar-refractivity contribution in [2.24, 2.45) is 0 Å². The second-order valence-electron chi connectivity index (χ2n) is 4.49. The van der Waals surface area contributed by atoms with E-state index in [1.165, 1.54) is 0 Å². The minimum absolute atomic E-state index is 0.578. The Morgan fingerprint density at radius 3 is 2.53 bits per heavy atom. The molecule has 17 heavy (non-hydrogen) atoms. The third kappa shape index (κ3) is 2.39. The van der Waals surface area contributed by atoms with E-state index in [4.69, 9.17) is 9.47 Å². The first-order chi connectivity index (χ1) is 8.19. The molecule has 0 fully saturated rings. The van der Waals surface area contributed by atoms with Gasteiger partial charge in [-0.2, -0.15) is 0 Å². The molecule has 0 saturated carbocycles. The number of fused-ring (bicyclic) bond motifs is 1. The van der Waals surface area contributed by atoms with Crippen LogP contribution in [-0.4, -0.2) is 18.3 Å². The van der Waals surface area contributed by atoms with Crippen molar-refractivity contribution in [3.8, 4) is 11.5 Å². The van der Waals surface area contributed by atoms with Gasteiger partial charge in [-0.15, -0.1) is 0 Å². The van der Waals surface area contributed by atoms with Crippen LogP contribution in [-0.2, 0) is 5.60 Å². The first-order valence-electron chi connectivity index (χ1n) is 6.32. The van der Waals surface area contributed by atoms with Gasteiger partial charge in [0.1, 0.15) is 13.2 Å². The monoisotopic (exact) mass is 236 g/mol. The van der Waals surface area contributed by atoms with Crippen molar-refractivity contribution in [3.05, 3.63) is 23.8 Å². The summed E-state index contributed by atoms with van der Waals surface area (Å²) in [5.41, 5.74) is 0.177. The highest BCUT2D eigenvalue weighted by atomic mass is 16.6. The van der Waals surface area contributed by atoms with Crippen molar-refractivity contribution in [1.82, 2.24) is 0 Å². The third-order valence-electron chi connectivity index (χ3n) is 3.33. The van der Waals surface area contributed by atoms with Crippen LogP contribution in [0.1, 0.15) is 38.7 Å². The quantitative estimate of drug-likeness (QED) is 0.873. The van der Waals surface area contributed by atoms with Crippen LogP contribution < -0.4 is 9.47 Å². The van der Waals surface area contributed by atoms with Gasteiger partial charge in [-0.25, -0.2) is 0 Å². The summed E-state index contributed by atoms with van der Waals surface area (Å²) >= 11 is 0. The first kappa shape index (κ1) is 12.2. The second-order valence-corrected chi connectivity index (χ2v) is 4.49. The van der Waals surface area contributed by atoms with Crippen LogP contribution in [0, 0.1) is 0 Å². The van der Waals surface area contributed by atoms with Crippen molar-refractivity contribution in [3.63, 3.8) is 0 Å². The van der Waals surface area contributed by atoms with Crippen molar-refractivity contribution in [1.29, 1.82) is 0 Å². The maximum Gasteiger partial charge on any atom is 0.161 e. The molecule has 0 aromatic heterocycles. The van der Waals surface area contributed by atoms with E-state index in [0.29, 0.717) is 19.6 Å². The van der Waals surface area contributed by atoms with Gasteiger partial charge >= 0.3 is 0 Å². The molecule has 3 heteroatoms. The van der Waals surface area contributed by atoms with Gasteiger partial charge in [0.2, 0.25) is 0 Å². The summed E-state index contributed by atoms with van der Waals surface area (Å²) < 4.78 is 11.0. The summed E-state index contributed by atoms with van der Waals surface area (Å²) in [6.07, 6.45) is 2.43. The van der Waals surface area contributed by atoms with Crippen LogP contribution in [0.3, 0.4) is 0 Å². The molecule has 94 valence electrons. The van der Waals surface area contributed by atoms with Gasteiger partial charge < -0.3 is 14.6 Å². The largest absolute Gasteiger partial charge is 0.486 e. The zero-order valence-electron chi connectivity index (χ0n) is 10.5. The average Bonchev–Trinajstić information content (AvgIpc) is 2.38. The molecule has 1 unspecified atom stereocenters. The maximum atomic E-state index is 10.6. The van der Waals surface area contributed by atoms with E-state index in [1.807, 2.05) is 25.1 Å². The minimum atomic E-state index is -0.745. The van der Waals surface area contributed by atoms with Gasteiger partial charge in [-0.1, -0.05) is 26.3 Å². The Morgan fingerprint density at radius 2 is 1.88 bits per heavy atom. The molecule has 1 aromatic rings. The first-order valence-corrected chi connectivity index (χ1v) is 6.32. The van der Waals surface area contributed by atoms with Crippen LogP contribution in [0.25, 0.3) is 0 Å². The topological polar surface area (TPSA) is 38.7 Å². The summed E-state index contributed by atoms with van der Waals surface area (Å²) in [5.74, 6) is 1.52. The molecule has 1 atom stereocenters. The standard InChI is InChI=1S/C14H20O3/c1-3-7-14(15,4-2)11-5-6-12-13(10-11)17-9-8-16-12/h5-6,10,15H,3-4,7-9H2,1-2H3. The van der Waals surface area contributed by atoms with Crippen LogP contribution in [0.2, 0.25) is 0 Å². The third-order valence-corrected chi connectivity index (χ3v) is 3.33. The van der Waals surface area contributed by atoms with Gasteiger partial charge in [-0.05, 0) is 30.5 Å².